The van der Waals surface area contributed by atoms with Gasteiger partial charge in [-0.25, -0.2) is 0 Å². The second kappa shape index (κ2) is 9.26. The van der Waals surface area contributed by atoms with Crippen LogP contribution >= 0.6 is 0 Å². The van der Waals surface area contributed by atoms with E-state index in [2.05, 4.69) is 46.6 Å². The molecule has 1 aliphatic heterocycles. The Morgan fingerprint density at radius 2 is 1.63 bits per heavy atom. The Kier molecular flexibility index (Phi) is 6.29. The maximum atomic E-state index is 12.8. The number of amides is 1. The predicted octanol–water partition coefficient (Wildman–Crippen LogP) is 4.92. The van der Waals surface area contributed by atoms with Crippen molar-refractivity contribution < 1.29 is 9.32 Å². The van der Waals surface area contributed by atoms with E-state index in [0.29, 0.717) is 18.0 Å². The molecule has 0 aliphatic carbocycles. The van der Waals surface area contributed by atoms with Gasteiger partial charge < -0.3 is 9.84 Å². The average Bonchev–Trinajstić information content (AvgIpc) is 3.27. The fourth-order valence-electron chi connectivity index (χ4n) is 3.99. The molecule has 3 aromatic rings. The Morgan fingerprint density at radius 1 is 1.00 bits per heavy atom. The third-order valence-corrected chi connectivity index (χ3v) is 5.83. The molecule has 2 heterocycles. The molecule has 156 valence electrons. The molecule has 4 rings (SSSR count). The Morgan fingerprint density at radius 3 is 2.30 bits per heavy atom. The van der Waals surface area contributed by atoms with Gasteiger partial charge in [0.25, 0.3) is 5.91 Å². The molecule has 1 saturated heterocycles. The summed E-state index contributed by atoms with van der Waals surface area (Å²) in [5.41, 5.74) is 4.88. The summed E-state index contributed by atoms with van der Waals surface area (Å²) in [4.78, 5) is 15.2. The van der Waals surface area contributed by atoms with Gasteiger partial charge in [0.05, 0.1) is 6.04 Å². The lowest BCUT2D eigenvalue weighted by molar-refractivity contribution is 0.0915. The van der Waals surface area contributed by atoms with Crippen LogP contribution in [0.1, 0.15) is 52.5 Å². The number of carbonyl (C=O) groups excluding carboxylic acids is 1. The SMILES string of the molecule is Cc1ccc(-c2cc(C(=O)NC[C@@H](c3ccc(C)cc3)N3CCCCC3)no2)cc1. The zero-order chi connectivity index (χ0) is 20.9. The van der Waals surface area contributed by atoms with Crippen LogP contribution in [0.4, 0.5) is 0 Å². The molecule has 1 atom stereocenters. The Labute approximate surface area is 178 Å². The molecule has 0 unspecified atom stereocenters. The van der Waals surface area contributed by atoms with Gasteiger partial charge in [-0.15, -0.1) is 0 Å². The van der Waals surface area contributed by atoms with Gasteiger partial charge in [0.15, 0.2) is 11.5 Å². The van der Waals surface area contributed by atoms with Gasteiger partial charge in [-0.1, -0.05) is 71.2 Å². The van der Waals surface area contributed by atoms with E-state index in [0.717, 1.165) is 18.7 Å². The van der Waals surface area contributed by atoms with Crippen molar-refractivity contribution in [2.75, 3.05) is 19.6 Å². The summed E-state index contributed by atoms with van der Waals surface area (Å²) in [5, 5.41) is 7.07. The molecule has 0 bridgehead atoms. The maximum Gasteiger partial charge on any atom is 0.273 e. The smallest absolute Gasteiger partial charge is 0.273 e. The van der Waals surface area contributed by atoms with E-state index in [-0.39, 0.29) is 11.9 Å². The van der Waals surface area contributed by atoms with E-state index in [1.165, 1.54) is 36.0 Å². The fraction of sp³-hybridized carbons (Fsp3) is 0.360. The first-order valence-electron chi connectivity index (χ1n) is 10.7. The third kappa shape index (κ3) is 4.79. The lowest BCUT2D eigenvalue weighted by atomic mass is 10.0. The van der Waals surface area contributed by atoms with Crippen LogP contribution in [0.15, 0.2) is 59.1 Å². The average molecular weight is 404 g/mol. The second-order valence-corrected chi connectivity index (χ2v) is 8.18. The molecule has 1 N–H and O–H groups in total. The minimum absolute atomic E-state index is 0.165. The molecule has 5 nitrogen and oxygen atoms in total. The summed E-state index contributed by atoms with van der Waals surface area (Å²) in [6.07, 6.45) is 3.70. The van der Waals surface area contributed by atoms with Crippen LogP contribution in [-0.2, 0) is 0 Å². The number of rotatable bonds is 6. The van der Waals surface area contributed by atoms with Gasteiger partial charge in [-0.3, -0.25) is 9.69 Å². The van der Waals surface area contributed by atoms with Crippen LogP contribution in [-0.4, -0.2) is 35.6 Å². The molecule has 1 aromatic heterocycles. The van der Waals surface area contributed by atoms with Crippen LogP contribution < -0.4 is 5.32 Å². The molecular weight excluding hydrogens is 374 g/mol. The number of piperidine rings is 1. The Hall–Kier alpha value is -2.92. The number of hydrogen-bond donors (Lipinski definition) is 1. The first-order chi connectivity index (χ1) is 14.6. The largest absolute Gasteiger partial charge is 0.355 e. The van der Waals surface area contributed by atoms with Gasteiger partial charge in [0.1, 0.15) is 0 Å². The van der Waals surface area contributed by atoms with Crippen molar-refractivity contribution in [2.45, 2.75) is 39.2 Å². The zero-order valence-corrected chi connectivity index (χ0v) is 17.7. The molecule has 0 saturated carbocycles. The Balaban J connectivity index is 1.45. The van der Waals surface area contributed by atoms with E-state index in [4.69, 9.17) is 4.52 Å². The predicted molar refractivity (Wildman–Crippen MR) is 118 cm³/mol. The number of carbonyl (C=O) groups is 1. The summed E-state index contributed by atoms with van der Waals surface area (Å²) in [7, 11) is 0. The molecule has 0 spiro atoms. The van der Waals surface area contributed by atoms with E-state index in [1.807, 2.05) is 31.2 Å². The number of nitrogens with one attached hydrogen (secondary N) is 1. The van der Waals surface area contributed by atoms with Gasteiger partial charge in [0.2, 0.25) is 0 Å². The van der Waals surface area contributed by atoms with Crippen molar-refractivity contribution in [3.05, 3.63) is 77.0 Å². The molecule has 5 heteroatoms. The van der Waals surface area contributed by atoms with Crippen molar-refractivity contribution >= 4 is 5.91 Å². The summed E-state index contributed by atoms with van der Waals surface area (Å²) in [6.45, 7) is 6.81. The first-order valence-corrected chi connectivity index (χ1v) is 10.7. The van der Waals surface area contributed by atoms with E-state index < -0.39 is 0 Å². The lowest BCUT2D eigenvalue weighted by Gasteiger charge is -2.35. The number of likely N-dealkylation sites (tertiary alicyclic amines) is 1. The second-order valence-electron chi connectivity index (χ2n) is 8.18. The number of aryl methyl sites for hydroxylation is 2. The highest BCUT2D eigenvalue weighted by atomic mass is 16.5. The minimum Gasteiger partial charge on any atom is -0.355 e. The van der Waals surface area contributed by atoms with E-state index in [9.17, 15) is 4.79 Å². The van der Waals surface area contributed by atoms with E-state index >= 15 is 0 Å². The van der Waals surface area contributed by atoms with Crippen LogP contribution in [0.3, 0.4) is 0 Å². The van der Waals surface area contributed by atoms with Crippen LogP contribution in [0, 0.1) is 13.8 Å². The number of benzene rings is 2. The first kappa shape index (κ1) is 20.4. The van der Waals surface area contributed by atoms with Crippen molar-refractivity contribution in [2.24, 2.45) is 0 Å². The summed E-state index contributed by atoms with van der Waals surface area (Å²) >= 11 is 0. The molecular formula is C25H29N3O2. The Bertz CT molecular complexity index is 970. The molecule has 30 heavy (non-hydrogen) atoms. The normalized spacial score (nSPS) is 15.7. The third-order valence-electron chi connectivity index (χ3n) is 5.83. The standard InChI is InChI=1S/C25H29N3O2/c1-18-6-10-20(11-7-18)23(28-14-4-3-5-15-28)17-26-25(29)22-16-24(30-27-22)21-12-8-19(2)9-13-21/h6-13,16,23H,3-5,14-15,17H2,1-2H3,(H,26,29)/t23-/m0/s1. The van der Waals surface area contributed by atoms with E-state index in [1.54, 1.807) is 6.07 Å². The fourth-order valence-corrected chi connectivity index (χ4v) is 3.99. The molecule has 1 aliphatic rings. The maximum absolute atomic E-state index is 12.8. The summed E-state index contributed by atoms with van der Waals surface area (Å²) in [6, 6.07) is 18.5. The van der Waals surface area contributed by atoms with Crippen LogP contribution in [0.25, 0.3) is 11.3 Å². The quantitative estimate of drug-likeness (QED) is 0.635. The molecule has 1 fully saturated rings. The van der Waals surface area contributed by atoms with Crippen molar-refractivity contribution in [1.82, 2.24) is 15.4 Å². The summed E-state index contributed by atoms with van der Waals surface area (Å²) in [5.74, 6) is 0.400. The van der Waals surface area contributed by atoms with Crippen LogP contribution in [0.5, 0.6) is 0 Å². The van der Waals surface area contributed by atoms with Gasteiger partial charge >= 0.3 is 0 Å². The van der Waals surface area contributed by atoms with Crippen molar-refractivity contribution in [3.63, 3.8) is 0 Å². The molecule has 0 radical (unpaired) electrons. The topological polar surface area (TPSA) is 58.4 Å². The number of aromatic nitrogens is 1. The lowest BCUT2D eigenvalue weighted by Crippen LogP contribution is -2.40. The highest BCUT2D eigenvalue weighted by molar-refractivity contribution is 5.93. The summed E-state index contributed by atoms with van der Waals surface area (Å²) < 4.78 is 5.41. The van der Waals surface area contributed by atoms with Gasteiger partial charge in [0, 0.05) is 18.2 Å². The van der Waals surface area contributed by atoms with Gasteiger partial charge in [-0.05, 0) is 45.3 Å². The monoisotopic (exact) mass is 403 g/mol. The number of nitrogens with zero attached hydrogens (tertiary/aromatic N) is 2. The van der Waals surface area contributed by atoms with Gasteiger partial charge in [-0.2, -0.15) is 0 Å². The van der Waals surface area contributed by atoms with Crippen molar-refractivity contribution in [1.29, 1.82) is 0 Å². The molecule has 2 aromatic carbocycles. The molecule has 1 amide bonds. The zero-order valence-electron chi connectivity index (χ0n) is 17.7. The highest BCUT2D eigenvalue weighted by Crippen LogP contribution is 2.25. The highest BCUT2D eigenvalue weighted by Gasteiger charge is 2.24. The number of hydrogen-bond acceptors (Lipinski definition) is 4. The van der Waals surface area contributed by atoms with Crippen molar-refractivity contribution in [3.8, 4) is 11.3 Å². The van der Waals surface area contributed by atoms with Crippen LogP contribution in [0.2, 0.25) is 0 Å². The minimum atomic E-state index is -0.203.